The molecule has 1 N–H and O–H groups in total. The molecule has 2 aromatic carbocycles. The number of methoxy groups -OCH3 is 1. The molecule has 4 aromatic rings. The Labute approximate surface area is 258 Å². The predicted octanol–water partition coefficient (Wildman–Crippen LogP) is 4.67. The Morgan fingerprint density at radius 2 is 1.74 bits per heavy atom. The molecular weight excluding hydrogens is 617 g/mol. The minimum Gasteiger partial charge on any atom is -0.453 e. The molecule has 0 bridgehead atoms. The van der Waals surface area contributed by atoms with Gasteiger partial charge in [-0.1, -0.05) is 41.4 Å². The summed E-state index contributed by atoms with van der Waals surface area (Å²) in [5.74, 6) is -0.737. The molecule has 0 aliphatic heterocycles. The van der Waals surface area contributed by atoms with Gasteiger partial charge < -0.3 is 9.64 Å². The van der Waals surface area contributed by atoms with Gasteiger partial charge in [-0.15, -0.1) is 0 Å². The van der Waals surface area contributed by atoms with Gasteiger partial charge in [0.15, 0.2) is 17.4 Å². The number of hydrogen-bond acceptors (Lipinski definition) is 8. The van der Waals surface area contributed by atoms with Gasteiger partial charge in [-0.05, 0) is 60.5 Å². The number of carbonyl (C=O) groups excluding carboxylic acids is 3. The molecule has 4 rings (SSSR count). The number of likely N-dealkylation sites (N-methyl/N-ethyl adjacent to an activating group) is 1. The number of pyridine rings is 1. The van der Waals surface area contributed by atoms with Gasteiger partial charge in [0.25, 0.3) is 0 Å². The van der Waals surface area contributed by atoms with Crippen molar-refractivity contribution in [3.8, 4) is 5.82 Å². The Bertz CT molecular complexity index is 1790. The minimum absolute atomic E-state index is 0.0638. The molecule has 14 heteroatoms. The summed E-state index contributed by atoms with van der Waals surface area (Å²) in [7, 11) is -1.24. The lowest BCUT2D eigenvalue weighted by Gasteiger charge is -2.17. The van der Waals surface area contributed by atoms with Crippen LogP contribution in [0, 0.1) is 6.92 Å². The van der Waals surface area contributed by atoms with Crippen molar-refractivity contribution >= 4 is 50.9 Å². The molecule has 2 heterocycles. The van der Waals surface area contributed by atoms with Gasteiger partial charge in [0.1, 0.15) is 5.69 Å². The predicted molar refractivity (Wildman–Crippen MR) is 160 cm³/mol. The van der Waals surface area contributed by atoms with Crippen LogP contribution in [-0.2, 0) is 27.7 Å². The first-order chi connectivity index (χ1) is 20.4. The number of amides is 1. The Morgan fingerprint density at radius 1 is 1.02 bits per heavy atom. The quantitative estimate of drug-likeness (QED) is 0.233. The molecule has 43 heavy (non-hydrogen) atoms. The zero-order valence-corrected chi connectivity index (χ0v) is 25.7. The van der Waals surface area contributed by atoms with E-state index in [0.29, 0.717) is 11.1 Å². The van der Waals surface area contributed by atoms with E-state index in [1.165, 1.54) is 49.3 Å². The van der Waals surface area contributed by atoms with Crippen molar-refractivity contribution in [2.45, 2.75) is 24.8 Å². The van der Waals surface area contributed by atoms with E-state index in [4.69, 9.17) is 23.2 Å². The van der Waals surface area contributed by atoms with Crippen LogP contribution in [0.5, 0.6) is 0 Å². The van der Waals surface area contributed by atoms with Gasteiger partial charge in [0.2, 0.25) is 10.0 Å². The van der Waals surface area contributed by atoms with Gasteiger partial charge in [-0.2, -0.15) is 5.10 Å². The maximum atomic E-state index is 13.8. The molecule has 0 saturated heterocycles. The second kappa shape index (κ2) is 13.5. The lowest BCUT2D eigenvalue weighted by molar-refractivity contribution is 0.0908. The maximum Gasteiger partial charge on any atom is 0.409 e. The lowest BCUT2D eigenvalue weighted by Crippen LogP contribution is -2.32. The molecule has 0 unspecified atom stereocenters. The molecule has 0 aliphatic rings. The SMILES string of the molecule is COC(=O)N(C)CC(=O)c1cc(Cl)cc(C)c1CC(=O)c1cc(CNS(=O)(=O)c2ccccc2)nn1-c1ncccc1Cl. The molecule has 0 fully saturated rings. The van der Waals surface area contributed by atoms with Crippen molar-refractivity contribution in [2.24, 2.45) is 0 Å². The van der Waals surface area contributed by atoms with Crippen LogP contribution < -0.4 is 4.72 Å². The fourth-order valence-electron chi connectivity index (χ4n) is 4.29. The summed E-state index contributed by atoms with van der Waals surface area (Å²) >= 11 is 12.6. The smallest absolute Gasteiger partial charge is 0.409 e. The van der Waals surface area contributed by atoms with Gasteiger partial charge in [-0.25, -0.2) is 27.6 Å². The number of aromatic nitrogens is 3. The van der Waals surface area contributed by atoms with Gasteiger partial charge in [0, 0.05) is 30.3 Å². The summed E-state index contributed by atoms with van der Waals surface area (Å²) < 4.78 is 34.0. The third-order valence-corrected chi connectivity index (χ3v) is 8.36. The van der Waals surface area contributed by atoms with Crippen molar-refractivity contribution in [3.05, 3.63) is 105 Å². The molecule has 1 amide bonds. The zero-order chi connectivity index (χ0) is 31.3. The average molecular weight is 645 g/mol. The molecule has 0 saturated carbocycles. The van der Waals surface area contributed by atoms with Gasteiger partial charge >= 0.3 is 6.09 Å². The third kappa shape index (κ3) is 7.46. The van der Waals surface area contributed by atoms with Crippen LogP contribution in [0.2, 0.25) is 10.0 Å². The number of Topliss-reactive ketones (excluding diaryl/α,β-unsaturated/α-hetero) is 2. The van der Waals surface area contributed by atoms with Crippen molar-refractivity contribution in [2.75, 3.05) is 20.7 Å². The highest BCUT2D eigenvalue weighted by molar-refractivity contribution is 7.89. The lowest BCUT2D eigenvalue weighted by atomic mass is 9.93. The molecule has 224 valence electrons. The normalized spacial score (nSPS) is 11.3. The summed E-state index contributed by atoms with van der Waals surface area (Å²) in [5, 5.41) is 4.94. The molecule has 0 spiro atoms. The van der Waals surface area contributed by atoms with E-state index in [1.807, 2.05) is 0 Å². The van der Waals surface area contributed by atoms with E-state index in [2.05, 4.69) is 19.5 Å². The standard InChI is InChI=1S/C29H27Cl2N5O6S/c1-18-12-19(30)13-23(27(38)17-35(2)29(39)42-3)22(18)15-26(37)25-14-20(34-36(25)28-24(31)10-7-11-32-28)16-33-43(40,41)21-8-5-4-6-9-21/h4-14,33H,15-17H2,1-3H3. The van der Waals surface area contributed by atoms with Crippen LogP contribution in [-0.4, -0.2) is 66.4 Å². The fraction of sp³-hybridized carbons (Fsp3) is 0.207. The molecular formula is C29H27Cl2N5O6S. The van der Waals surface area contributed by atoms with E-state index in [-0.39, 0.29) is 57.2 Å². The van der Waals surface area contributed by atoms with Crippen LogP contribution in [0.1, 0.15) is 37.7 Å². The van der Waals surface area contributed by atoms with E-state index in [0.717, 1.165) is 4.90 Å². The first-order valence-corrected chi connectivity index (χ1v) is 15.0. The number of benzene rings is 2. The van der Waals surface area contributed by atoms with Gasteiger partial charge in [0.05, 0.1) is 35.8 Å². The summed E-state index contributed by atoms with van der Waals surface area (Å²) in [5.41, 5.74) is 1.46. The third-order valence-electron chi connectivity index (χ3n) is 6.42. The van der Waals surface area contributed by atoms with Crippen molar-refractivity contribution in [1.82, 2.24) is 24.4 Å². The van der Waals surface area contributed by atoms with E-state index in [1.54, 1.807) is 43.3 Å². The summed E-state index contributed by atoms with van der Waals surface area (Å²) in [6.45, 7) is 1.19. The summed E-state index contributed by atoms with van der Waals surface area (Å²) in [6.07, 6.45) is 0.542. The molecule has 2 aromatic heterocycles. The number of rotatable bonds is 11. The summed E-state index contributed by atoms with van der Waals surface area (Å²) in [6, 6.07) is 15.5. The number of nitrogens with one attached hydrogen (secondary N) is 1. The molecule has 11 nitrogen and oxygen atoms in total. The van der Waals surface area contributed by atoms with Crippen LogP contribution >= 0.6 is 23.2 Å². The monoisotopic (exact) mass is 643 g/mol. The number of ether oxygens (including phenoxy) is 1. The Kier molecular flexibility index (Phi) is 9.97. The second-order valence-electron chi connectivity index (χ2n) is 9.48. The van der Waals surface area contributed by atoms with Crippen molar-refractivity contribution < 1.29 is 27.5 Å². The van der Waals surface area contributed by atoms with Gasteiger partial charge in [-0.3, -0.25) is 9.59 Å². The van der Waals surface area contributed by atoms with Crippen LogP contribution in [0.3, 0.4) is 0 Å². The van der Waals surface area contributed by atoms with E-state index >= 15 is 0 Å². The fourth-order valence-corrected chi connectivity index (χ4v) is 5.78. The number of nitrogens with zero attached hydrogens (tertiary/aromatic N) is 4. The number of halogens is 2. The van der Waals surface area contributed by atoms with Crippen LogP contribution in [0.15, 0.2) is 71.8 Å². The first-order valence-electron chi connectivity index (χ1n) is 12.8. The minimum atomic E-state index is -3.86. The molecule has 0 aliphatic carbocycles. The number of ketones is 2. The Balaban J connectivity index is 1.69. The highest BCUT2D eigenvalue weighted by atomic mass is 35.5. The van der Waals surface area contributed by atoms with Crippen LogP contribution in [0.4, 0.5) is 4.79 Å². The molecule has 0 atom stereocenters. The second-order valence-corrected chi connectivity index (χ2v) is 12.1. The van der Waals surface area contributed by atoms with Crippen molar-refractivity contribution in [3.63, 3.8) is 0 Å². The number of hydrogen-bond donors (Lipinski definition) is 1. The highest BCUT2D eigenvalue weighted by Gasteiger charge is 2.25. The summed E-state index contributed by atoms with van der Waals surface area (Å²) in [4.78, 5) is 44.4. The van der Waals surface area contributed by atoms with E-state index in [9.17, 15) is 22.8 Å². The van der Waals surface area contributed by atoms with E-state index < -0.39 is 27.7 Å². The van der Waals surface area contributed by atoms with Crippen molar-refractivity contribution in [1.29, 1.82) is 0 Å². The Hall–Kier alpha value is -4.10. The zero-order valence-electron chi connectivity index (χ0n) is 23.4. The maximum absolute atomic E-state index is 13.8. The number of carbonyl (C=O) groups is 3. The topological polar surface area (TPSA) is 141 Å². The number of aryl methyl sites for hydroxylation is 1. The first kappa shape index (κ1) is 31.8. The largest absolute Gasteiger partial charge is 0.453 e. The number of sulfonamides is 1. The molecule has 0 radical (unpaired) electrons. The Morgan fingerprint density at radius 3 is 2.42 bits per heavy atom. The van der Waals surface area contributed by atoms with Crippen LogP contribution in [0.25, 0.3) is 5.82 Å². The average Bonchev–Trinajstić information content (AvgIpc) is 3.41. The highest BCUT2D eigenvalue weighted by Crippen LogP contribution is 2.25.